The first-order valence-corrected chi connectivity index (χ1v) is 7.88. The van der Waals surface area contributed by atoms with Gasteiger partial charge in [0.05, 0.1) is 24.7 Å². The van der Waals surface area contributed by atoms with Crippen LogP contribution in [0.5, 0.6) is 0 Å². The van der Waals surface area contributed by atoms with Crippen LogP contribution in [-0.4, -0.2) is 60.8 Å². The second kappa shape index (κ2) is 6.75. The van der Waals surface area contributed by atoms with Crippen molar-refractivity contribution < 1.29 is 19.4 Å². The van der Waals surface area contributed by atoms with Crippen molar-refractivity contribution in [2.75, 3.05) is 32.8 Å². The van der Waals surface area contributed by atoms with E-state index in [1.807, 2.05) is 13.8 Å². The molecule has 2 fully saturated rings. The molecule has 2 saturated heterocycles. The van der Waals surface area contributed by atoms with Gasteiger partial charge in [-0.15, -0.1) is 0 Å². The average molecular weight is 298 g/mol. The Hall–Kier alpha value is -1.14. The fourth-order valence-electron chi connectivity index (χ4n) is 3.52. The van der Waals surface area contributed by atoms with Crippen molar-refractivity contribution in [1.82, 2.24) is 10.2 Å². The van der Waals surface area contributed by atoms with Gasteiger partial charge in [0.15, 0.2) is 0 Å². The Morgan fingerprint density at radius 1 is 1.38 bits per heavy atom. The molecule has 0 saturated carbocycles. The van der Waals surface area contributed by atoms with Crippen LogP contribution >= 0.6 is 0 Å². The number of nitrogens with one attached hydrogen (secondary N) is 1. The molecule has 0 bridgehead atoms. The molecule has 120 valence electrons. The van der Waals surface area contributed by atoms with Gasteiger partial charge in [0.2, 0.25) is 5.91 Å². The van der Waals surface area contributed by atoms with Crippen LogP contribution in [0.15, 0.2) is 0 Å². The molecule has 2 aliphatic heterocycles. The van der Waals surface area contributed by atoms with E-state index in [1.54, 1.807) is 4.90 Å². The highest BCUT2D eigenvalue weighted by Gasteiger charge is 2.46. The Bertz CT molecular complexity index is 393. The summed E-state index contributed by atoms with van der Waals surface area (Å²) in [6.07, 6.45) is 2.64. The molecular formula is C15H26N2O4. The van der Waals surface area contributed by atoms with Gasteiger partial charge in [0.25, 0.3) is 0 Å². The first kappa shape index (κ1) is 16.2. The Balaban J connectivity index is 2.19. The fourth-order valence-corrected chi connectivity index (χ4v) is 3.52. The van der Waals surface area contributed by atoms with Crippen molar-refractivity contribution in [3.8, 4) is 0 Å². The van der Waals surface area contributed by atoms with Crippen molar-refractivity contribution in [1.29, 1.82) is 0 Å². The third-order valence-corrected chi connectivity index (χ3v) is 4.97. The summed E-state index contributed by atoms with van der Waals surface area (Å²) < 4.78 is 5.33. The smallest absolute Gasteiger partial charge is 0.311 e. The number of rotatable bonds is 5. The van der Waals surface area contributed by atoms with Crippen molar-refractivity contribution in [3.05, 3.63) is 0 Å². The molecule has 0 aromatic heterocycles. The first-order chi connectivity index (χ1) is 10.1. The number of amides is 1. The summed E-state index contributed by atoms with van der Waals surface area (Å²) in [5, 5.41) is 12.6. The molecule has 2 N–H and O–H groups in total. The summed E-state index contributed by atoms with van der Waals surface area (Å²) in [4.78, 5) is 26.2. The van der Waals surface area contributed by atoms with Gasteiger partial charge in [0.1, 0.15) is 5.92 Å². The second-order valence-corrected chi connectivity index (χ2v) is 6.05. The Kier molecular flexibility index (Phi) is 5.22. The molecular weight excluding hydrogens is 272 g/mol. The number of carbonyl (C=O) groups excluding carboxylic acids is 1. The van der Waals surface area contributed by atoms with E-state index in [4.69, 9.17) is 4.74 Å². The maximum atomic E-state index is 13.1. The van der Waals surface area contributed by atoms with Crippen LogP contribution in [0.1, 0.15) is 33.1 Å². The topological polar surface area (TPSA) is 78.9 Å². The minimum Gasteiger partial charge on any atom is -0.481 e. The van der Waals surface area contributed by atoms with Gasteiger partial charge < -0.3 is 20.1 Å². The molecule has 6 nitrogen and oxygen atoms in total. The zero-order valence-corrected chi connectivity index (χ0v) is 12.9. The summed E-state index contributed by atoms with van der Waals surface area (Å²) in [6, 6.07) is -0.342. The van der Waals surface area contributed by atoms with Gasteiger partial charge >= 0.3 is 5.97 Å². The van der Waals surface area contributed by atoms with Crippen LogP contribution in [0.2, 0.25) is 0 Å². The standard InChI is InChI=1S/C15H26N2O4/c1-3-15(6-5-7-16-10-15)14(20)17(4-2)12-9-21-8-11(12)13(18)19/h11-12,16H,3-10H2,1-2H3,(H,18,19). The average Bonchev–Trinajstić information content (AvgIpc) is 2.98. The Labute approximate surface area is 125 Å². The van der Waals surface area contributed by atoms with Gasteiger partial charge in [-0.05, 0) is 32.7 Å². The lowest BCUT2D eigenvalue weighted by molar-refractivity contribution is -0.150. The number of nitrogens with zero attached hydrogens (tertiary/aromatic N) is 1. The third kappa shape index (κ3) is 3.06. The van der Waals surface area contributed by atoms with Gasteiger partial charge in [0, 0.05) is 13.1 Å². The number of carboxylic acid groups (broad SMARTS) is 1. The Morgan fingerprint density at radius 2 is 2.14 bits per heavy atom. The molecule has 0 aliphatic carbocycles. The molecule has 0 aromatic carbocycles. The number of carboxylic acids is 1. The largest absolute Gasteiger partial charge is 0.481 e. The minimum atomic E-state index is -0.879. The van der Waals surface area contributed by atoms with Crippen LogP contribution in [0, 0.1) is 11.3 Å². The van der Waals surface area contributed by atoms with E-state index >= 15 is 0 Å². The van der Waals surface area contributed by atoms with E-state index in [0.29, 0.717) is 19.7 Å². The van der Waals surface area contributed by atoms with Crippen LogP contribution < -0.4 is 5.32 Å². The van der Waals surface area contributed by atoms with Crippen molar-refractivity contribution in [3.63, 3.8) is 0 Å². The quantitative estimate of drug-likeness (QED) is 0.781. The molecule has 0 aromatic rings. The van der Waals surface area contributed by atoms with E-state index in [-0.39, 0.29) is 24.0 Å². The van der Waals surface area contributed by atoms with Gasteiger partial charge in [-0.2, -0.15) is 0 Å². The van der Waals surface area contributed by atoms with E-state index in [0.717, 1.165) is 25.8 Å². The Morgan fingerprint density at radius 3 is 2.67 bits per heavy atom. The van der Waals surface area contributed by atoms with Crippen molar-refractivity contribution in [2.45, 2.75) is 39.2 Å². The lowest BCUT2D eigenvalue weighted by atomic mass is 9.76. The summed E-state index contributed by atoms with van der Waals surface area (Å²) in [6.45, 7) is 6.63. The van der Waals surface area contributed by atoms with Crippen LogP contribution in [-0.2, 0) is 14.3 Å². The second-order valence-electron chi connectivity index (χ2n) is 6.05. The fraction of sp³-hybridized carbons (Fsp3) is 0.867. The monoisotopic (exact) mass is 298 g/mol. The maximum Gasteiger partial charge on any atom is 0.311 e. The van der Waals surface area contributed by atoms with Crippen molar-refractivity contribution in [2.24, 2.45) is 11.3 Å². The predicted octanol–water partition coefficient (Wildman–Crippen LogP) is 0.714. The highest BCUT2D eigenvalue weighted by molar-refractivity contribution is 5.84. The zero-order valence-electron chi connectivity index (χ0n) is 12.9. The van der Waals surface area contributed by atoms with E-state index in [1.165, 1.54) is 0 Å². The summed E-state index contributed by atoms with van der Waals surface area (Å²) in [5.74, 6) is -1.41. The van der Waals surface area contributed by atoms with Crippen molar-refractivity contribution >= 4 is 11.9 Å². The highest BCUT2D eigenvalue weighted by Crippen LogP contribution is 2.34. The molecule has 0 radical (unpaired) electrons. The molecule has 21 heavy (non-hydrogen) atoms. The van der Waals surface area contributed by atoms with E-state index in [2.05, 4.69) is 5.32 Å². The van der Waals surface area contributed by atoms with Gasteiger partial charge in [-0.25, -0.2) is 0 Å². The zero-order chi connectivity index (χ0) is 15.5. The number of ether oxygens (including phenoxy) is 1. The number of hydrogen-bond acceptors (Lipinski definition) is 4. The summed E-state index contributed by atoms with van der Waals surface area (Å²) in [5.41, 5.74) is -0.389. The first-order valence-electron chi connectivity index (χ1n) is 7.88. The lowest BCUT2D eigenvalue weighted by Gasteiger charge is -2.41. The molecule has 3 atom stereocenters. The number of aliphatic carboxylic acids is 1. The number of carbonyl (C=O) groups is 2. The number of likely N-dealkylation sites (N-methyl/N-ethyl adjacent to an activating group) is 1. The van der Waals surface area contributed by atoms with Gasteiger partial charge in [-0.1, -0.05) is 6.92 Å². The number of piperidine rings is 1. The molecule has 2 rings (SSSR count). The molecule has 0 spiro atoms. The SMILES string of the molecule is CCN(C(=O)C1(CC)CCCNC1)C1COCC1C(=O)O. The van der Waals surface area contributed by atoms with E-state index in [9.17, 15) is 14.7 Å². The number of hydrogen-bond donors (Lipinski definition) is 2. The molecule has 2 heterocycles. The molecule has 2 aliphatic rings. The molecule has 1 amide bonds. The molecule has 6 heteroatoms. The third-order valence-electron chi connectivity index (χ3n) is 4.97. The maximum absolute atomic E-state index is 13.1. The van der Waals surface area contributed by atoms with Crippen LogP contribution in [0.25, 0.3) is 0 Å². The van der Waals surface area contributed by atoms with Crippen LogP contribution in [0.4, 0.5) is 0 Å². The lowest BCUT2D eigenvalue weighted by Crippen LogP contribution is -2.56. The van der Waals surface area contributed by atoms with E-state index < -0.39 is 11.9 Å². The minimum absolute atomic E-state index is 0.0847. The normalized spacial score (nSPS) is 32.9. The highest BCUT2D eigenvalue weighted by atomic mass is 16.5. The predicted molar refractivity (Wildman–Crippen MR) is 77.9 cm³/mol. The van der Waals surface area contributed by atoms with Crippen LogP contribution in [0.3, 0.4) is 0 Å². The summed E-state index contributed by atoms with van der Waals surface area (Å²) >= 11 is 0. The molecule has 3 unspecified atom stereocenters. The summed E-state index contributed by atoms with van der Waals surface area (Å²) in [7, 11) is 0. The van der Waals surface area contributed by atoms with Gasteiger partial charge in [-0.3, -0.25) is 9.59 Å².